The molecule has 46 heavy (non-hydrogen) atoms. The molecular formula is C33H47N9O4. The average Bonchev–Trinajstić information content (AvgIpc) is 3.10. The van der Waals surface area contributed by atoms with Crippen LogP contribution in [0.25, 0.3) is 11.1 Å². The molecule has 1 atom stereocenters. The predicted molar refractivity (Wildman–Crippen MR) is 179 cm³/mol. The number of rotatable bonds is 16. The van der Waals surface area contributed by atoms with Crippen LogP contribution in [-0.4, -0.2) is 98.8 Å². The molecule has 2 fully saturated rings. The first kappa shape index (κ1) is 34.6. The molecule has 1 saturated carbocycles. The number of unbranched alkanes of at least 4 members (excludes halogenated alkanes) is 1. The van der Waals surface area contributed by atoms with E-state index < -0.39 is 0 Å². The Morgan fingerprint density at radius 3 is 2.59 bits per heavy atom. The summed E-state index contributed by atoms with van der Waals surface area (Å²) in [5, 5.41) is 12.8. The van der Waals surface area contributed by atoms with E-state index in [9.17, 15) is 5.26 Å². The van der Waals surface area contributed by atoms with E-state index in [1.54, 1.807) is 37.9 Å². The summed E-state index contributed by atoms with van der Waals surface area (Å²) in [6.07, 6.45) is 12.1. The molecule has 5 N–H and O–H groups in total. The normalized spacial score (nSPS) is 20.3. The van der Waals surface area contributed by atoms with Gasteiger partial charge >= 0.3 is 0 Å². The molecule has 0 radical (unpaired) electrons. The van der Waals surface area contributed by atoms with Crippen LogP contribution >= 0.6 is 0 Å². The van der Waals surface area contributed by atoms with Gasteiger partial charge in [0.05, 0.1) is 50.5 Å². The van der Waals surface area contributed by atoms with Crippen molar-refractivity contribution >= 4 is 18.5 Å². The van der Waals surface area contributed by atoms with Crippen LogP contribution in [0, 0.1) is 11.3 Å². The van der Waals surface area contributed by atoms with Crippen LogP contribution < -0.4 is 21.5 Å². The highest BCUT2D eigenvalue weighted by Gasteiger charge is 2.26. The molecule has 2 heterocycles. The van der Waals surface area contributed by atoms with Crippen molar-refractivity contribution in [1.29, 1.82) is 5.26 Å². The van der Waals surface area contributed by atoms with Crippen molar-refractivity contribution in [3.63, 3.8) is 0 Å². The van der Waals surface area contributed by atoms with Gasteiger partial charge in [0, 0.05) is 50.8 Å². The Morgan fingerprint density at radius 1 is 1.15 bits per heavy atom. The SMILES string of the molecule is COCCCCOC(N)=C(C=NC1CCC(N2CCOCC2)CC1)Nc1ncc(-c2ccc(C#N)c(O[C@@H](C)CN=CN)c2)cn1. The molecule has 248 valence electrons. The Balaban J connectivity index is 1.44. The maximum atomic E-state index is 9.56. The number of nitrogens with one attached hydrogen (secondary N) is 1. The van der Waals surface area contributed by atoms with Gasteiger partial charge < -0.3 is 35.7 Å². The standard InChI is InChI=1S/C33H47N9O4/c1-24(19-37-23-35)46-31-17-25(5-6-26(31)18-34)27-20-39-33(40-21-27)41-30(32(36)45-14-4-3-13-43-2)22-38-28-7-9-29(10-8-28)42-11-15-44-16-12-42/h5-6,17,20-24,28-29H,3-4,7-16,19,36H2,1-2H3,(H2,35,37)(H,39,40,41)/t24-,28?,29?/m0/s1. The van der Waals surface area contributed by atoms with Crippen molar-refractivity contribution in [3.8, 4) is 22.9 Å². The minimum atomic E-state index is -0.260. The third-order valence-electron chi connectivity index (χ3n) is 8.04. The molecule has 1 aliphatic heterocycles. The summed E-state index contributed by atoms with van der Waals surface area (Å²) in [6, 6.07) is 8.33. The molecule has 0 unspecified atom stereocenters. The maximum absolute atomic E-state index is 9.56. The summed E-state index contributed by atoms with van der Waals surface area (Å²) >= 11 is 0. The maximum Gasteiger partial charge on any atom is 0.227 e. The molecule has 0 bridgehead atoms. The topological polar surface area (TPSA) is 179 Å². The number of aliphatic imine (C=N–C) groups is 2. The van der Waals surface area contributed by atoms with Crippen molar-refractivity contribution in [1.82, 2.24) is 14.9 Å². The zero-order chi connectivity index (χ0) is 32.6. The lowest BCUT2D eigenvalue weighted by atomic mass is 9.90. The molecule has 1 aliphatic carbocycles. The van der Waals surface area contributed by atoms with Gasteiger partial charge in [-0.25, -0.2) is 9.97 Å². The van der Waals surface area contributed by atoms with Gasteiger partial charge in [-0.2, -0.15) is 5.26 Å². The highest BCUT2D eigenvalue weighted by molar-refractivity contribution is 5.83. The average molecular weight is 634 g/mol. The first-order valence-electron chi connectivity index (χ1n) is 16.0. The zero-order valence-corrected chi connectivity index (χ0v) is 26.9. The summed E-state index contributed by atoms with van der Waals surface area (Å²) in [6.45, 7) is 7.03. The number of hydrogen-bond acceptors (Lipinski definition) is 12. The van der Waals surface area contributed by atoms with E-state index in [1.807, 2.05) is 13.0 Å². The monoisotopic (exact) mass is 633 g/mol. The molecule has 13 nitrogen and oxygen atoms in total. The lowest BCUT2D eigenvalue weighted by Gasteiger charge is -2.38. The van der Waals surface area contributed by atoms with Crippen LogP contribution in [0.15, 0.2) is 52.2 Å². The second-order valence-electron chi connectivity index (χ2n) is 11.4. The number of morpholine rings is 1. The summed E-state index contributed by atoms with van der Waals surface area (Å²) in [7, 11) is 1.68. The van der Waals surface area contributed by atoms with Gasteiger partial charge in [-0.3, -0.25) is 14.9 Å². The number of methoxy groups -OCH3 is 1. The molecule has 1 aromatic carbocycles. The summed E-state index contributed by atoms with van der Waals surface area (Å²) in [5.41, 5.74) is 14.2. The fourth-order valence-corrected chi connectivity index (χ4v) is 5.48. The molecule has 13 heteroatoms. The largest absolute Gasteiger partial charge is 0.487 e. The van der Waals surface area contributed by atoms with E-state index in [-0.39, 0.29) is 18.0 Å². The fourth-order valence-electron chi connectivity index (χ4n) is 5.48. The van der Waals surface area contributed by atoms with Crippen LogP contribution in [0.3, 0.4) is 0 Å². The van der Waals surface area contributed by atoms with Crippen LogP contribution in [0.4, 0.5) is 5.95 Å². The molecule has 2 aliphatic rings. The van der Waals surface area contributed by atoms with Gasteiger partial charge in [0.15, 0.2) is 0 Å². The number of hydrogen-bond donors (Lipinski definition) is 3. The summed E-state index contributed by atoms with van der Waals surface area (Å²) in [5.74, 6) is 1.04. The number of aromatic nitrogens is 2. The minimum Gasteiger partial charge on any atom is -0.487 e. The third kappa shape index (κ3) is 10.7. The summed E-state index contributed by atoms with van der Waals surface area (Å²) < 4.78 is 22.5. The highest BCUT2D eigenvalue weighted by Crippen LogP contribution is 2.28. The Labute approximate surface area is 271 Å². The number of nitrogens with zero attached hydrogens (tertiary/aromatic N) is 6. The quantitative estimate of drug-likeness (QED) is 0.107. The number of benzene rings is 1. The molecular weight excluding hydrogens is 586 g/mol. The minimum absolute atomic E-state index is 0.213. The number of anilines is 1. The van der Waals surface area contributed by atoms with E-state index in [2.05, 4.69) is 31.2 Å². The van der Waals surface area contributed by atoms with E-state index in [4.69, 9.17) is 35.4 Å². The van der Waals surface area contributed by atoms with E-state index in [1.165, 1.54) is 6.34 Å². The van der Waals surface area contributed by atoms with Crippen LogP contribution in [0.5, 0.6) is 5.75 Å². The van der Waals surface area contributed by atoms with Crippen LogP contribution in [-0.2, 0) is 14.2 Å². The Bertz CT molecular complexity index is 1350. The number of nitrogens with two attached hydrogens (primary N) is 2. The van der Waals surface area contributed by atoms with E-state index >= 15 is 0 Å². The smallest absolute Gasteiger partial charge is 0.227 e. The Hall–Kier alpha value is -4.25. The van der Waals surface area contributed by atoms with Crippen molar-refractivity contribution in [2.24, 2.45) is 21.5 Å². The lowest BCUT2D eigenvalue weighted by Crippen LogP contribution is -2.45. The van der Waals surface area contributed by atoms with Crippen LogP contribution in [0.1, 0.15) is 51.0 Å². The van der Waals surface area contributed by atoms with Gasteiger partial charge in [-0.15, -0.1) is 0 Å². The van der Waals surface area contributed by atoms with E-state index in [0.29, 0.717) is 48.8 Å². The van der Waals surface area contributed by atoms with Gasteiger partial charge in [0.25, 0.3) is 0 Å². The van der Waals surface area contributed by atoms with Crippen molar-refractivity contribution in [2.45, 2.75) is 63.6 Å². The molecule has 2 aromatic rings. The Kier molecular flexibility index (Phi) is 14.0. The van der Waals surface area contributed by atoms with Crippen LogP contribution in [0.2, 0.25) is 0 Å². The Morgan fingerprint density at radius 2 is 1.89 bits per heavy atom. The van der Waals surface area contributed by atoms with Gasteiger partial charge in [0.2, 0.25) is 11.8 Å². The van der Waals surface area contributed by atoms with Gasteiger partial charge in [0.1, 0.15) is 23.6 Å². The third-order valence-corrected chi connectivity index (χ3v) is 8.04. The predicted octanol–water partition coefficient (Wildman–Crippen LogP) is 3.47. The molecule has 4 rings (SSSR count). The van der Waals surface area contributed by atoms with E-state index in [0.717, 1.165) is 76.0 Å². The second-order valence-corrected chi connectivity index (χ2v) is 11.4. The number of nitriles is 1. The van der Waals surface area contributed by atoms with Crippen molar-refractivity contribution in [3.05, 3.63) is 47.7 Å². The molecule has 1 saturated heterocycles. The first-order chi connectivity index (χ1) is 22.5. The molecule has 0 amide bonds. The number of allylic oxidation sites excluding steroid dienone is 1. The molecule has 1 aromatic heterocycles. The molecule has 0 spiro atoms. The summed E-state index contributed by atoms with van der Waals surface area (Å²) in [4.78, 5) is 20.5. The first-order valence-corrected chi connectivity index (χ1v) is 16.0. The van der Waals surface area contributed by atoms with Gasteiger partial charge in [-0.1, -0.05) is 6.07 Å². The highest BCUT2D eigenvalue weighted by atomic mass is 16.5. The zero-order valence-electron chi connectivity index (χ0n) is 26.9. The van der Waals surface area contributed by atoms with Crippen molar-refractivity contribution in [2.75, 3.05) is 58.5 Å². The second kappa shape index (κ2) is 18.7. The lowest BCUT2D eigenvalue weighted by molar-refractivity contribution is 0.00755. The number of ether oxygens (including phenoxy) is 4. The van der Waals surface area contributed by atoms with Crippen molar-refractivity contribution < 1.29 is 18.9 Å². The fraction of sp³-hybridized carbons (Fsp3) is 0.545. The van der Waals surface area contributed by atoms with Gasteiger partial charge in [-0.05, 0) is 63.1 Å².